The lowest BCUT2D eigenvalue weighted by molar-refractivity contribution is -0.173. The lowest BCUT2D eigenvalue weighted by Crippen LogP contribution is -2.31. The summed E-state index contributed by atoms with van der Waals surface area (Å²) in [5.41, 5.74) is 1.02. The fourth-order valence-corrected chi connectivity index (χ4v) is 1.33. The lowest BCUT2D eigenvalue weighted by atomic mass is 10.2. The van der Waals surface area contributed by atoms with Crippen LogP contribution in [0, 0.1) is 0 Å². The predicted octanol–water partition coefficient (Wildman–Crippen LogP) is 0.676. The first-order chi connectivity index (χ1) is 12.1. The second-order valence-electron chi connectivity index (χ2n) is 5.02. The largest absolute Gasteiger partial charge is 0.479 e. The number of ether oxygens (including phenoxy) is 3. The first-order valence-electron chi connectivity index (χ1n) is 7.57. The number of carbonyl (C=O) groups excluding carboxylic acids is 3. The maximum absolute atomic E-state index is 11.0. The monoisotopic (exact) mass is 370 g/mol. The zero-order valence-corrected chi connectivity index (χ0v) is 14.7. The fraction of sp³-hybridized carbons (Fsp3) is 0.412. The summed E-state index contributed by atoms with van der Waals surface area (Å²) in [6.45, 7) is 3.37. The molecule has 0 aliphatic rings. The molecule has 0 saturated heterocycles. The SMILES string of the molecule is CC(=O)OCc1ccccc1.C[C@H](O)C(=O)O[C@@H](C)C(=O)OCC(=O)O. The standard InChI is InChI=1S/C9H10O2.C8H12O7/c1-8(10)11-7-9-5-3-2-4-6-9;1-4(9)7(12)15-5(2)8(13)14-3-6(10)11/h2-6H,7H2,1H3;4-5,9H,3H2,1-2H3,(H,10,11)/t;4-,5-/m.0/s1. The molecule has 26 heavy (non-hydrogen) atoms. The van der Waals surface area contributed by atoms with E-state index in [4.69, 9.17) is 14.9 Å². The summed E-state index contributed by atoms with van der Waals surface area (Å²) < 4.78 is 13.5. The van der Waals surface area contributed by atoms with Crippen molar-refractivity contribution < 1.29 is 43.6 Å². The first-order valence-corrected chi connectivity index (χ1v) is 7.57. The molecule has 0 fully saturated rings. The Labute approximate surface area is 150 Å². The molecule has 0 aliphatic heterocycles. The molecule has 0 bridgehead atoms. The molecular formula is C17H22O9. The summed E-state index contributed by atoms with van der Waals surface area (Å²) in [7, 11) is 0. The number of carboxylic acid groups (broad SMARTS) is 1. The minimum absolute atomic E-state index is 0.242. The summed E-state index contributed by atoms with van der Waals surface area (Å²) in [5.74, 6) is -3.51. The zero-order valence-electron chi connectivity index (χ0n) is 14.7. The molecule has 9 nitrogen and oxygen atoms in total. The lowest BCUT2D eigenvalue weighted by Gasteiger charge is -2.12. The predicted molar refractivity (Wildman–Crippen MR) is 87.7 cm³/mol. The third-order valence-corrected chi connectivity index (χ3v) is 2.59. The molecule has 0 aliphatic carbocycles. The van der Waals surface area contributed by atoms with Crippen molar-refractivity contribution in [2.24, 2.45) is 0 Å². The molecule has 1 rings (SSSR count). The number of hydrogen-bond donors (Lipinski definition) is 2. The Morgan fingerprint density at radius 1 is 1.00 bits per heavy atom. The van der Waals surface area contributed by atoms with E-state index in [0.29, 0.717) is 6.61 Å². The van der Waals surface area contributed by atoms with E-state index in [1.165, 1.54) is 20.8 Å². The van der Waals surface area contributed by atoms with Gasteiger partial charge in [-0.2, -0.15) is 0 Å². The Morgan fingerprint density at radius 3 is 2.04 bits per heavy atom. The van der Waals surface area contributed by atoms with Gasteiger partial charge in [0.05, 0.1) is 0 Å². The van der Waals surface area contributed by atoms with Crippen molar-refractivity contribution in [1.29, 1.82) is 0 Å². The zero-order chi connectivity index (χ0) is 20.1. The molecule has 2 atom stereocenters. The second-order valence-corrected chi connectivity index (χ2v) is 5.02. The van der Waals surface area contributed by atoms with E-state index in [9.17, 15) is 19.2 Å². The Balaban J connectivity index is 0.000000502. The third kappa shape index (κ3) is 11.6. The summed E-state index contributed by atoms with van der Waals surface area (Å²) >= 11 is 0. The van der Waals surface area contributed by atoms with Crippen LogP contribution in [0.5, 0.6) is 0 Å². The van der Waals surface area contributed by atoms with E-state index in [2.05, 4.69) is 9.47 Å². The Bertz CT molecular complexity index is 596. The molecule has 0 spiro atoms. The highest BCUT2D eigenvalue weighted by Crippen LogP contribution is 2.00. The summed E-state index contributed by atoms with van der Waals surface area (Å²) in [6, 6.07) is 9.60. The van der Waals surface area contributed by atoms with Gasteiger partial charge in [-0.05, 0) is 19.4 Å². The quantitative estimate of drug-likeness (QED) is 0.524. The molecule has 1 aromatic rings. The first kappa shape index (κ1) is 23.1. The van der Waals surface area contributed by atoms with E-state index in [1.807, 2.05) is 30.3 Å². The normalized spacial score (nSPS) is 11.8. The summed E-state index contributed by atoms with van der Waals surface area (Å²) in [5, 5.41) is 16.9. The topological polar surface area (TPSA) is 136 Å². The van der Waals surface area contributed by atoms with Gasteiger partial charge in [0, 0.05) is 6.92 Å². The number of hydrogen-bond acceptors (Lipinski definition) is 8. The smallest absolute Gasteiger partial charge is 0.347 e. The highest BCUT2D eigenvalue weighted by molar-refractivity contribution is 5.82. The third-order valence-electron chi connectivity index (χ3n) is 2.59. The van der Waals surface area contributed by atoms with Gasteiger partial charge in [0.2, 0.25) is 0 Å². The van der Waals surface area contributed by atoms with Crippen molar-refractivity contribution in [1.82, 2.24) is 0 Å². The number of aliphatic hydroxyl groups is 1. The maximum atomic E-state index is 11.0. The van der Waals surface area contributed by atoms with Gasteiger partial charge in [-0.1, -0.05) is 30.3 Å². The molecule has 0 saturated carbocycles. The maximum Gasteiger partial charge on any atom is 0.347 e. The molecule has 0 aromatic heterocycles. The van der Waals surface area contributed by atoms with E-state index in [-0.39, 0.29) is 5.97 Å². The van der Waals surface area contributed by atoms with Crippen molar-refractivity contribution in [2.45, 2.75) is 39.6 Å². The average Bonchev–Trinajstić information content (AvgIpc) is 2.59. The number of rotatable bonds is 7. The Hall–Kier alpha value is -2.94. The number of aliphatic carboxylic acids is 1. The molecule has 0 radical (unpaired) electrons. The van der Waals surface area contributed by atoms with Crippen molar-refractivity contribution in [3.63, 3.8) is 0 Å². The van der Waals surface area contributed by atoms with Gasteiger partial charge in [-0.25, -0.2) is 14.4 Å². The number of aliphatic hydroxyl groups excluding tert-OH is 1. The van der Waals surface area contributed by atoms with Crippen LogP contribution >= 0.6 is 0 Å². The van der Waals surface area contributed by atoms with Gasteiger partial charge in [0.15, 0.2) is 12.7 Å². The highest BCUT2D eigenvalue weighted by Gasteiger charge is 2.22. The van der Waals surface area contributed by atoms with Crippen LogP contribution in [-0.2, 0) is 40.0 Å². The summed E-state index contributed by atoms with van der Waals surface area (Å²) in [6.07, 6.45) is -2.59. The van der Waals surface area contributed by atoms with Gasteiger partial charge in [-0.15, -0.1) is 0 Å². The van der Waals surface area contributed by atoms with Gasteiger partial charge >= 0.3 is 23.9 Å². The molecule has 0 heterocycles. The van der Waals surface area contributed by atoms with Gasteiger partial charge in [-0.3, -0.25) is 4.79 Å². The molecule has 0 unspecified atom stereocenters. The molecular weight excluding hydrogens is 348 g/mol. The van der Waals surface area contributed by atoms with Crippen molar-refractivity contribution >= 4 is 23.9 Å². The van der Waals surface area contributed by atoms with Crippen LogP contribution in [0.25, 0.3) is 0 Å². The van der Waals surface area contributed by atoms with E-state index < -0.39 is 36.7 Å². The molecule has 2 N–H and O–H groups in total. The average molecular weight is 370 g/mol. The van der Waals surface area contributed by atoms with Gasteiger partial charge in [0.1, 0.15) is 12.7 Å². The molecule has 144 valence electrons. The number of esters is 3. The minimum Gasteiger partial charge on any atom is -0.479 e. The van der Waals surface area contributed by atoms with Crippen LogP contribution in [-0.4, -0.2) is 52.9 Å². The molecule has 0 amide bonds. The van der Waals surface area contributed by atoms with E-state index in [1.54, 1.807) is 0 Å². The van der Waals surface area contributed by atoms with E-state index in [0.717, 1.165) is 5.56 Å². The van der Waals surface area contributed by atoms with Crippen LogP contribution in [0.4, 0.5) is 0 Å². The number of carboxylic acids is 1. The second kappa shape index (κ2) is 12.4. The van der Waals surface area contributed by atoms with E-state index >= 15 is 0 Å². The highest BCUT2D eigenvalue weighted by atomic mass is 16.6. The number of benzene rings is 1. The van der Waals surface area contributed by atoms with Crippen LogP contribution in [0.2, 0.25) is 0 Å². The Morgan fingerprint density at radius 2 is 1.58 bits per heavy atom. The van der Waals surface area contributed by atoms with Crippen LogP contribution < -0.4 is 0 Å². The van der Waals surface area contributed by atoms with Crippen molar-refractivity contribution in [3.8, 4) is 0 Å². The van der Waals surface area contributed by atoms with Gasteiger partial charge < -0.3 is 24.4 Å². The number of carbonyl (C=O) groups is 4. The molecule has 1 aromatic carbocycles. The Kier molecular flexibility index (Phi) is 11.0. The summed E-state index contributed by atoms with van der Waals surface area (Å²) in [4.78, 5) is 42.2. The van der Waals surface area contributed by atoms with Crippen LogP contribution in [0.1, 0.15) is 26.3 Å². The van der Waals surface area contributed by atoms with Crippen LogP contribution in [0.3, 0.4) is 0 Å². The minimum atomic E-state index is -1.35. The van der Waals surface area contributed by atoms with Gasteiger partial charge in [0.25, 0.3) is 0 Å². The van der Waals surface area contributed by atoms with Crippen molar-refractivity contribution in [2.75, 3.05) is 6.61 Å². The molecule has 9 heteroatoms. The van der Waals surface area contributed by atoms with Crippen molar-refractivity contribution in [3.05, 3.63) is 35.9 Å². The fourth-order valence-electron chi connectivity index (χ4n) is 1.33. The van der Waals surface area contributed by atoms with Crippen LogP contribution in [0.15, 0.2) is 30.3 Å².